The zero-order valence-electron chi connectivity index (χ0n) is 15.0. The van der Waals surface area contributed by atoms with Crippen LogP contribution in [0.1, 0.15) is 38.6 Å². The van der Waals surface area contributed by atoms with Crippen LogP contribution in [0.15, 0.2) is 40.7 Å². The summed E-state index contributed by atoms with van der Waals surface area (Å²) in [7, 11) is 0. The molecule has 1 heterocycles. The topological polar surface area (TPSA) is 97.6 Å². The molecule has 0 saturated heterocycles. The van der Waals surface area contributed by atoms with Gasteiger partial charge in [0.15, 0.2) is 16.8 Å². The van der Waals surface area contributed by atoms with Crippen molar-refractivity contribution in [2.45, 2.75) is 43.8 Å². The van der Waals surface area contributed by atoms with Crippen molar-refractivity contribution in [2.24, 2.45) is 5.73 Å². The Labute approximate surface area is 167 Å². The number of carbonyl (C=O) groups is 1. The fourth-order valence-corrected chi connectivity index (χ4v) is 4.36. The number of carbonyl (C=O) groups excluding carboxylic acids is 1. The van der Waals surface area contributed by atoms with Crippen molar-refractivity contribution in [3.63, 3.8) is 0 Å². The molecular weight excluding hydrogens is 382 g/mol. The minimum atomic E-state index is -0.303. The van der Waals surface area contributed by atoms with Gasteiger partial charge in [-0.25, -0.2) is 0 Å². The predicted octanol–water partition coefficient (Wildman–Crippen LogP) is 4.13. The molecule has 6 nitrogen and oxygen atoms in total. The summed E-state index contributed by atoms with van der Waals surface area (Å²) in [5.41, 5.74) is 6.68. The van der Waals surface area contributed by atoms with Gasteiger partial charge in [0.2, 0.25) is 0 Å². The molecule has 1 aromatic carbocycles. The number of Topliss-reactive ketones (excluding diaryl/α,β-unsaturated/α-hetero) is 1. The number of nitrogens with zero attached hydrogens (tertiary/aromatic N) is 4. The molecule has 0 unspecified atom stereocenters. The molecule has 1 aliphatic carbocycles. The van der Waals surface area contributed by atoms with Gasteiger partial charge in [-0.1, -0.05) is 48.3 Å². The Morgan fingerprint density at radius 3 is 2.70 bits per heavy atom. The molecule has 1 fully saturated rings. The van der Waals surface area contributed by atoms with Gasteiger partial charge in [-0.2, -0.15) is 5.26 Å². The van der Waals surface area contributed by atoms with Gasteiger partial charge in [0.1, 0.15) is 11.6 Å². The molecule has 0 radical (unpaired) electrons. The average Bonchev–Trinajstić information content (AvgIpc) is 3.30. The zero-order valence-corrected chi connectivity index (χ0v) is 16.6. The third kappa shape index (κ3) is 4.18. The number of aromatic nitrogens is 3. The largest absolute Gasteiger partial charge is 0.401 e. The summed E-state index contributed by atoms with van der Waals surface area (Å²) >= 11 is 7.65. The van der Waals surface area contributed by atoms with Crippen LogP contribution in [0.3, 0.4) is 0 Å². The highest BCUT2D eigenvalue weighted by Gasteiger charge is 2.26. The molecule has 0 atom stereocenters. The normalized spacial score (nSPS) is 15.4. The molecule has 8 heteroatoms. The maximum Gasteiger partial charge on any atom is 0.192 e. The van der Waals surface area contributed by atoms with E-state index in [0.29, 0.717) is 16.0 Å². The Kier molecular flexibility index (Phi) is 6.19. The van der Waals surface area contributed by atoms with Gasteiger partial charge in [0.05, 0.1) is 10.8 Å². The number of thioether (sulfide) groups is 1. The molecule has 0 aliphatic heterocycles. The summed E-state index contributed by atoms with van der Waals surface area (Å²) in [4.78, 5) is 12.3. The molecule has 2 N–H and O–H groups in total. The quantitative estimate of drug-likeness (QED) is 0.444. The van der Waals surface area contributed by atoms with Crippen molar-refractivity contribution in [2.75, 3.05) is 5.75 Å². The zero-order chi connectivity index (χ0) is 19.4. The summed E-state index contributed by atoms with van der Waals surface area (Å²) in [6, 6.07) is 9.70. The van der Waals surface area contributed by atoms with Crippen LogP contribution >= 0.6 is 23.4 Å². The molecule has 1 aliphatic rings. The van der Waals surface area contributed by atoms with Crippen molar-refractivity contribution < 1.29 is 4.79 Å². The first-order chi connectivity index (χ1) is 13.0. The van der Waals surface area contributed by atoms with Crippen LogP contribution in [0.4, 0.5) is 0 Å². The lowest BCUT2D eigenvalue weighted by molar-refractivity contribution is -0.112. The number of benzene rings is 1. The van der Waals surface area contributed by atoms with Crippen molar-refractivity contribution in [1.29, 1.82) is 5.26 Å². The fourth-order valence-electron chi connectivity index (χ4n) is 3.27. The highest BCUT2D eigenvalue weighted by molar-refractivity contribution is 7.99. The van der Waals surface area contributed by atoms with Crippen LogP contribution in [-0.2, 0) is 4.79 Å². The van der Waals surface area contributed by atoms with Crippen molar-refractivity contribution in [1.82, 2.24) is 14.8 Å². The summed E-state index contributed by atoms with van der Waals surface area (Å²) < 4.78 is 2.09. The van der Waals surface area contributed by atoms with Crippen LogP contribution in [-0.4, -0.2) is 26.3 Å². The molecule has 140 valence electrons. The van der Waals surface area contributed by atoms with Gasteiger partial charge >= 0.3 is 0 Å². The van der Waals surface area contributed by atoms with E-state index in [-0.39, 0.29) is 28.8 Å². The maximum absolute atomic E-state index is 12.3. The molecule has 2 aromatic rings. The highest BCUT2D eigenvalue weighted by Crippen LogP contribution is 2.38. The van der Waals surface area contributed by atoms with Gasteiger partial charge < -0.3 is 5.73 Å². The Hall–Kier alpha value is -2.30. The van der Waals surface area contributed by atoms with Crippen LogP contribution in [0.5, 0.6) is 0 Å². The summed E-state index contributed by atoms with van der Waals surface area (Å²) in [5, 5.41) is 19.1. The SMILES string of the molecule is C/C(N)=C(\C#N)C(=O)CSc1nnc(-c2ccccc2Cl)n1C1CCCC1. The van der Waals surface area contributed by atoms with E-state index in [0.717, 1.165) is 31.2 Å². The van der Waals surface area contributed by atoms with Gasteiger partial charge in [-0.05, 0) is 31.9 Å². The van der Waals surface area contributed by atoms with Crippen molar-refractivity contribution in [3.05, 3.63) is 40.6 Å². The second-order valence-corrected chi connectivity index (χ2v) is 7.83. The summed E-state index contributed by atoms with van der Waals surface area (Å²) in [6.07, 6.45) is 4.40. The molecule has 0 amide bonds. The van der Waals surface area contributed by atoms with Crippen LogP contribution in [0, 0.1) is 11.3 Å². The molecule has 0 spiro atoms. The summed E-state index contributed by atoms with van der Waals surface area (Å²) in [5.74, 6) is 0.501. The number of allylic oxidation sites excluding steroid dienone is 2. The van der Waals surface area contributed by atoms with E-state index in [1.807, 2.05) is 30.3 Å². The standard InChI is InChI=1S/C19H20ClN5OS/c1-12(22)15(10-21)17(26)11-27-19-24-23-18(14-8-4-5-9-16(14)20)25(19)13-6-2-3-7-13/h4-5,8-9,13H,2-3,6-7,11,22H2,1H3/b15-12-. The Bertz CT molecular complexity index is 920. The molecule has 3 rings (SSSR count). The molecular formula is C19H20ClN5OS. The van der Waals surface area contributed by atoms with Gasteiger partial charge in [-0.15, -0.1) is 10.2 Å². The lowest BCUT2D eigenvalue weighted by Gasteiger charge is -2.17. The van der Waals surface area contributed by atoms with E-state index in [9.17, 15) is 4.79 Å². The number of rotatable bonds is 6. The van der Waals surface area contributed by atoms with E-state index < -0.39 is 0 Å². The average molecular weight is 402 g/mol. The first kappa shape index (κ1) is 19.5. The van der Waals surface area contributed by atoms with Crippen molar-refractivity contribution in [3.8, 4) is 17.5 Å². The number of halogens is 1. The number of hydrogen-bond acceptors (Lipinski definition) is 6. The third-order valence-corrected chi connectivity index (χ3v) is 5.86. The Morgan fingerprint density at radius 1 is 1.37 bits per heavy atom. The minimum absolute atomic E-state index is 0.000703. The van der Waals surface area contributed by atoms with Gasteiger partial charge in [-0.3, -0.25) is 9.36 Å². The number of nitrogens with two attached hydrogens (primary N) is 1. The molecule has 0 bridgehead atoms. The number of nitriles is 1. The van der Waals surface area contributed by atoms with Gasteiger partial charge in [0.25, 0.3) is 0 Å². The lowest BCUT2D eigenvalue weighted by Crippen LogP contribution is -2.12. The maximum atomic E-state index is 12.3. The Morgan fingerprint density at radius 2 is 2.07 bits per heavy atom. The number of hydrogen-bond donors (Lipinski definition) is 1. The first-order valence-electron chi connectivity index (χ1n) is 8.75. The van der Waals surface area contributed by atoms with E-state index in [1.54, 1.807) is 6.92 Å². The minimum Gasteiger partial charge on any atom is -0.401 e. The fraction of sp³-hybridized carbons (Fsp3) is 0.368. The second kappa shape index (κ2) is 8.59. The third-order valence-electron chi connectivity index (χ3n) is 4.59. The summed E-state index contributed by atoms with van der Waals surface area (Å²) in [6.45, 7) is 1.55. The molecule has 27 heavy (non-hydrogen) atoms. The lowest BCUT2D eigenvalue weighted by atomic mass is 10.2. The monoisotopic (exact) mass is 401 g/mol. The molecule has 1 saturated carbocycles. The van der Waals surface area contributed by atoms with Crippen LogP contribution in [0.25, 0.3) is 11.4 Å². The second-order valence-electron chi connectivity index (χ2n) is 6.48. The van der Waals surface area contributed by atoms with Crippen LogP contribution < -0.4 is 5.73 Å². The van der Waals surface area contributed by atoms with E-state index in [4.69, 9.17) is 22.6 Å². The predicted molar refractivity (Wildman–Crippen MR) is 106 cm³/mol. The number of ketones is 1. The smallest absolute Gasteiger partial charge is 0.192 e. The van der Waals surface area contributed by atoms with E-state index in [2.05, 4.69) is 14.8 Å². The van der Waals surface area contributed by atoms with E-state index in [1.165, 1.54) is 11.8 Å². The molecule has 1 aromatic heterocycles. The Balaban J connectivity index is 1.92. The van der Waals surface area contributed by atoms with Crippen molar-refractivity contribution >= 4 is 29.1 Å². The first-order valence-corrected chi connectivity index (χ1v) is 10.1. The van der Waals surface area contributed by atoms with Crippen LogP contribution in [0.2, 0.25) is 5.02 Å². The highest BCUT2D eigenvalue weighted by atomic mass is 35.5. The van der Waals surface area contributed by atoms with E-state index >= 15 is 0 Å². The van der Waals surface area contributed by atoms with Gasteiger partial charge in [0, 0.05) is 17.3 Å².